The summed E-state index contributed by atoms with van der Waals surface area (Å²) in [6.45, 7) is 0.636. The number of carbonyl (C=O) groups is 2. The first kappa shape index (κ1) is 14.2. The molecule has 0 unspecified atom stereocenters. The van der Waals surface area contributed by atoms with Crippen molar-refractivity contribution in [2.45, 2.75) is 6.42 Å². The summed E-state index contributed by atoms with van der Waals surface area (Å²) < 4.78 is 19.0. The quantitative estimate of drug-likeness (QED) is 0.839. The van der Waals surface area contributed by atoms with Crippen molar-refractivity contribution in [2.24, 2.45) is 5.92 Å². The van der Waals surface area contributed by atoms with E-state index in [0.29, 0.717) is 13.0 Å². The third kappa shape index (κ3) is 2.83. The number of amides is 1. The first-order chi connectivity index (χ1) is 10.6. The minimum atomic E-state index is -0.591. The predicted octanol–water partition coefficient (Wildman–Crippen LogP) is 1.51. The van der Waals surface area contributed by atoms with Gasteiger partial charge in [0, 0.05) is 24.4 Å². The molecule has 1 aromatic heterocycles. The van der Waals surface area contributed by atoms with Gasteiger partial charge in [0.05, 0.1) is 18.5 Å². The van der Waals surface area contributed by atoms with Gasteiger partial charge < -0.3 is 10.1 Å². The van der Waals surface area contributed by atoms with E-state index in [4.69, 9.17) is 4.74 Å². The van der Waals surface area contributed by atoms with Crippen LogP contribution in [0.25, 0.3) is 11.3 Å². The summed E-state index contributed by atoms with van der Waals surface area (Å²) in [7, 11) is 0. The van der Waals surface area contributed by atoms with Crippen molar-refractivity contribution in [2.75, 3.05) is 13.2 Å². The van der Waals surface area contributed by atoms with E-state index in [-0.39, 0.29) is 35.3 Å². The number of halogens is 1. The smallest absolute Gasteiger partial charge is 0.342 e. The molecule has 7 heteroatoms. The Morgan fingerprint density at radius 1 is 1.41 bits per heavy atom. The molecule has 1 aliphatic heterocycles. The molecule has 1 amide bonds. The van der Waals surface area contributed by atoms with E-state index in [2.05, 4.69) is 15.5 Å². The van der Waals surface area contributed by atoms with Crippen LogP contribution in [0.1, 0.15) is 16.8 Å². The molecular formula is C15H14FN3O3. The second-order valence-corrected chi connectivity index (χ2v) is 5.11. The average Bonchev–Trinajstić information content (AvgIpc) is 3.14. The van der Waals surface area contributed by atoms with E-state index in [9.17, 15) is 14.0 Å². The number of ether oxygens (including phenoxy) is 1. The normalized spacial score (nSPS) is 17.3. The zero-order valence-electron chi connectivity index (χ0n) is 11.6. The average molecular weight is 303 g/mol. The molecule has 1 aromatic carbocycles. The zero-order chi connectivity index (χ0) is 15.5. The molecule has 2 aromatic rings. The first-order valence-corrected chi connectivity index (χ1v) is 6.87. The maximum Gasteiger partial charge on any atom is 0.342 e. The molecule has 0 spiro atoms. The maximum atomic E-state index is 13.8. The number of aromatic nitrogens is 2. The van der Waals surface area contributed by atoms with Crippen molar-refractivity contribution >= 4 is 11.9 Å². The number of aromatic amines is 1. The minimum absolute atomic E-state index is 0.0275. The molecule has 1 saturated heterocycles. The van der Waals surface area contributed by atoms with Crippen molar-refractivity contribution in [1.29, 1.82) is 0 Å². The number of esters is 1. The molecule has 0 bridgehead atoms. The Bertz CT molecular complexity index is 714. The summed E-state index contributed by atoms with van der Waals surface area (Å²) in [4.78, 5) is 23.2. The van der Waals surface area contributed by atoms with Gasteiger partial charge in [0.2, 0.25) is 5.91 Å². The Hall–Kier alpha value is -2.70. The van der Waals surface area contributed by atoms with E-state index < -0.39 is 11.8 Å². The van der Waals surface area contributed by atoms with Crippen molar-refractivity contribution in [3.63, 3.8) is 0 Å². The third-order valence-corrected chi connectivity index (χ3v) is 3.51. The van der Waals surface area contributed by atoms with E-state index in [0.717, 1.165) is 0 Å². The van der Waals surface area contributed by atoms with Crippen LogP contribution in [0.4, 0.5) is 4.39 Å². The number of rotatable bonds is 4. The third-order valence-electron chi connectivity index (χ3n) is 3.51. The number of nitrogens with zero attached hydrogens (tertiary/aromatic N) is 1. The monoisotopic (exact) mass is 303 g/mol. The second kappa shape index (κ2) is 5.97. The highest BCUT2D eigenvalue weighted by Crippen LogP contribution is 2.24. The van der Waals surface area contributed by atoms with Gasteiger partial charge >= 0.3 is 5.97 Å². The largest absolute Gasteiger partial charge is 0.462 e. The molecular weight excluding hydrogens is 289 g/mol. The van der Waals surface area contributed by atoms with Gasteiger partial charge in [-0.3, -0.25) is 9.89 Å². The molecule has 3 rings (SSSR count). The first-order valence-electron chi connectivity index (χ1n) is 6.87. The van der Waals surface area contributed by atoms with E-state index in [1.807, 2.05) is 0 Å². The lowest BCUT2D eigenvalue weighted by Gasteiger charge is -2.09. The van der Waals surface area contributed by atoms with Gasteiger partial charge in [-0.1, -0.05) is 12.1 Å². The Labute approximate surface area is 125 Å². The lowest BCUT2D eigenvalue weighted by atomic mass is 10.1. The van der Waals surface area contributed by atoms with Crippen molar-refractivity contribution in [3.8, 4) is 11.3 Å². The highest BCUT2D eigenvalue weighted by atomic mass is 19.1. The van der Waals surface area contributed by atoms with Gasteiger partial charge in [-0.25, -0.2) is 9.18 Å². The number of hydrogen-bond acceptors (Lipinski definition) is 4. The van der Waals surface area contributed by atoms with Crippen LogP contribution >= 0.6 is 0 Å². The van der Waals surface area contributed by atoms with Crippen LogP contribution in [-0.2, 0) is 9.53 Å². The molecule has 1 aliphatic rings. The zero-order valence-corrected chi connectivity index (χ0v) is 11.6. The van der Waals surface area contributed by atoms with Gasteiger partial charge in [-0.2, -0.15) is 5.10 Å². The van der Waals surface area contributed by atoms with E-state index in [1.54, 1.807) is 18.2 Å². The Morgan fingerprint density at radius 3 is 2.95 bits per heavy atom. The van der Waals surface area contributed by atoms with E-state index in [1.165, 1.54) is 12.3 Å². The summed E-state index contributed by atoms with van der Waals surface area (Å²) in [5, 5.41) is 9.09. The van der Waals surface area contributed by atoms with Crippen LogP contribution < -0.4 is 5.32 Å². The van der Waals surface area contributed by atoms with Crippen LogP contribution in [0, 0.1) is 11.7 Å². The number of carbonyl (C=O) groups excluding carboxylic acids is 2. The Balaban J connectivity index is 1.73. The SMILES string of the molecule is O=C1C[C@H](COC(=O)c2cn[nH]c2-c2ccccc2F)CN1. The topological polar surface area (TPSA) is 84.1 Å². The Morgan fingerprint density at radius 2 is 2.23 bits per heavy atom. The molecule has 22 heavy (non-hydrogen) atoms. The van der Waals surface area contributed by atoms with Crippen LogP contribution in [0.2, 0.25) is 0 Å². The molecule has 0 saturated carbocycles. The van der Waals surface area contributed by atoms with Crippen molar-refractivity contribution in [3.05, 3.63) is 41.8 Å². The van der Waals surface area contributed by atoms with Crippen molar-refractivity contribution in [1.82, 2.24) is 15.5 Å². The van der Waals surface area contributed by atoms with Gasteiger partial charge in [0.25, 0.3) is 0 Å². The van der Waals surface area contributed by atoms with Gasteiger partial charge in [0.1, 0.15) is 11.4 Å². The lowest BCUT2D eigenvalue weighted by Crippen LogP contribution is -2.17. The number of nitrogens with one attached hydrogen (secondary N) is 2. The van der Waals surface area contributed by atoms with Crippen LogP contribution in [0.15, 0.2) is 30.5 Å². The highest BCUT2D eigenvalue weighted by Gasteiger charge is 2.24. The molecule has 0 radical (unpaired) electrons. The number of H-pyrrole nitrogens is 1. The fourth-order valence-corrected chi connectivity index (χ4v) is 2.36. The molecule has 2 N–H and O–H groups in total. The second-order valence-electron chi connectivity index (χ2n) is 5.11. The van der Waals surface area contributed by atoms with Crippen LogP contribution in [-0.4, -0.2) is 35.2 Å². The molecule has 0 aliphatic carbocycles. The summed E-state index contributed by atoms with van der Waals surface area (Å²) >= 11 is 0. The fraction of sp³-hybridized carbons (Fsp3) is 0.267. The fourth-order valence-electron chi connectivity index (χ4n) is 2.36. The summed E-state index contributed by atoms with van der Waals surface area (Å²) in [5.41, 5.74) is 0.704. The van der Waals surface area contributed by atoms with Gasteiger partial charge in [0.15, 0.2) is 0 Å². The summed E-state index contributed by atoms with van der Waals surface area (Å²) in [5.74, 6) is -1.12. The molecule has 2 heterocycles. The van der Waals surface area contributed by atoms with Gasteiger partial charge in [-0.15, -0.1) is 0 Å². The maximum absolute atomic E-state index is 13.8. The standard InChI is InChI=1S/C15H14FN3O3/c16-12-4-2-1-3-10(12)14-11(7-18-19-14)15(21)22-8-9-5-13(20)17-6-9/h1-4,7,9H,5-6,8H2,(H,17,20)(H,18,19)/t9-/m0/s1. The summed E-state index contributed by atoms with van der Waals surface area (Å²) in [6, 6.07) is 6.10. The van der Waals surface area contributed by atoms with Crippen LogP contribution in [0.3, 0.4) is 0 Å². The number of hydrogen-bond donors (Lipinski definition) is 2. The molecule has 1 fully saturated rings. The predicted molar refractivity (Wildman–Crippen MR) is 75.4 cm³/mol. The number of benzene rings is 1. The molecule has 114 valence electrons. The Kier molecular flexibility index (Phi) is 3.86. The minimum Gasteiger partial charge on any atom is -0.462 e. The van der Waals surface area contributed by atoms with E-state index >= 15 is 0 Å². The summed E-state index contributed by atoms with van der Waals surface area (Å²) in [6.07, 6.45) is 1.65. The van der Waals surface area contributed by atoms with Gasteiger partial charge in [-0.05, 0) is 12.1 Å². The van der Waals surface area contributed by atoms with Crippen molar-refractivity contribution < 1.29 is 18.7 Å². The van der Waals surface area contributed by atoms with Crippen LogP contribution in [0.5, 0.6) is 0 Å². The molecule has 6 nitrogen and oxygen atoms in total. The lowest BCUT2D eigenvalue weighted by molar-refractivity contribution is -0.119. The highest BCUT2D eigenvalue weighted by molar-refractivity contribution is 5.96. The molecule has 1 atom stereocenters.